The lowest BCUT2D eigenvalue weighted by Crippen LogP contribution is -1.93. The van der Waals surface area contributed by atoms with E-state index in [4.69, 9.17) is 0 Å². The number of hydrogen-bond acceptors (Lipinski definition) is 0. The van der Waals surface area contributed by atoms with Crippen LogP contribution in [0.1, 0.15) is 103 Å². The van der Waals surface area contributed by atoms with Crippen LogP contribution in [0.5, 0.6) is 0 Å². The van der Waals surface area contributed by atoms with Crippen LogP contribution in [0.15, 0.2) is 0 Å². The molecule has 0 spiro atoms. The summed E-state index contributed by atoms with van der Waals surface area (Å²) in [5.41, 5.74) is 0.500. The van der Waals surface area contributed by atoms with Crippen molar-refractivity contribution in [2.75, 3.05) is 0 Å². The van der Waals surface area contributed by atoms with E-state index in [-0.39, 0.29) is 0 Å². The molecule has 0 fully saturated rings. The van der Waals surface area contributed by atoms with E-state index >= 15 is 0 Å². The number of rotatable bonds is 0. The molecule has 0 unspecified atom stereocenters. The van der Waals surface area contributed by atoms with Gasteiger partial charge in [-0.15, -0.1) is 0 Å². The zero-order valence-electron chi connectivity index (χ0n) is 15.5. The predicted octanol–water partition coefficient (Wildman–Crippen LogP) is 7.57. The zero-order chi connectivity index (χ0) is 15.5. The van der Waals surface area contributed by atoms with Crippen molar-refractivity contribution in [3.8, 4) is 0 Å². The van der Waals surface area contributed by atoms with E-state index in [0.717, 1.165) is 5.92 Å². The zero-order valence-corrected chi connectivity index (χ0v) is 15.5. The van der Waals surface area contributed by atoms with Gasteiger partial charge in [-0.3, -0.25) is 0 Å². The van der Waals surface area contributed by atoms with Gasteiger partial charge in [0.15, 0.2) is 0 Å². The normalized spacial score (nSPS) is 8.12. The molecule has 0 aromatic heterocycles. The van der Waals surface area contributed by atoms with Crippen molar-refractivity contribution < 1.29 is 0 Å². The molecule has 0 saturated heterocycles. The van der Waals surface area contributed by atoms with Crippen molar-refractivity contribution >= 4 is 0 Å². The van der Waals surface area contributed by atoms with Gasteiger partial charge in [0.25, 0.3) is 0 Å². The summed E-state index contributed by atoms with van der Waals surface area (Å²) in [5, 5.41) is 0. The van der Waals surface area contributed by atoms with Crippen LogP contribution in [0.3, 0.4) is 0 Å². The Labute approximate surface area is 115 Å². The molecule has 0 nitrogen and oxygen atoms in total. The minimum Gasteiger partial charge on any atom is -0.0683 e. The molecule has 0 aliphatic carbocycles. The molecule has 0 aromatic carbocycles. The van der Waals surface area contributed by atoms with Crippen LogP contribution in [0.4, 0.5) is 0 Å². The molecular formula is C17H44. The Kier molecular flexibility index (Phi) is 52.9. The van der Waals surface area contributed by atoms with Crippen LogP contribution in [0.25, 0.3) is 0 Å². The highest BCUT2D eigenvalue weighted by atomic mass is 14.0. The van der Waals surface area contributed by atoms with Crippen LogP contribution in [-0.2, 0) is 0 Å². The third kappa shape index (κ3) is 0. The van der Waals surface area contributed by atoms with Crippen LogP contribution in [0.2, 0.25) is 0 Å². The monoisotopic (exact) mass is 248 g/mol. The molecular weight excluding hydrogens is 204 g/mol. The summed E-state index contributed by atoms with van der Waals surface area (Å²) in [6.07, 6.45) is 2.50. The summed E-state index contributed by atoms with van der Waals surface area (Å²) in [7, 11) is 0. The largest absolute Gasteiger partial charge is 0.0683 e. The van der Waals surface area contributed by atoms with Crippen LogP contribution >= 0.6 is 0 Å². The first-order valence-corrected chi connectivity index (χ1v) is 7.56. The van der Waals surface area contributed by atoms with Crippen molar-refractivity contribution in [2.45, 2.75) is 103 Å². The van der Waals surface area contributed by atoms with Crippen LogP contribution < -0.4 is 0 Å². The van der Waals surface area contributed by atoms with Crippen molar-refractivity contribution in [2.24, 2.45) is 11.3 Å². The van der Waals surface area contributed by atoms with Gasteiger partial charge in [0.1, 0.15) is 0 Å². The first kappa shape index (κ1) is 30.2. The van der Waals surface area contributed by atoms with Crippen LogP contribution in [-0.4, -0.2) is 0 Å². The van der Waals surface area contributed by atoms with Gasteiger partial charge >= 0.3 is 0 Å². The molecule has 0 aliphatic rings. The molecule has 0 N–H and O–H groups in total. The van der Waals surface area contributed by atoms with E-state index in [2.05, 4.69) is 76.2 Å². The lowest BCUT2D eigenvalue weighted by Gasteiger charge is -2.05. The fourth-order valence-electron chi connectivity index (χ4n) is 0. The average Bonchev–Trinajstić information content (AvgIpc) is 2.05. The minimum absolute atomic E-state index is 0.500. The van der Waals surface area contributed by atoms with Gasteiger partial charge in [-0.25, -0.2) is 0 Å². The fraction of sp³-hybridized carbons (Fsp3) is 1.00. The van der Waals surface area contributed by atoms with E-state index < -0.39 is 0 Å². The van der Waals surface area contributed by atoms with Crippen molar-refractivity contribution in [1.82, 2.24) is 0 Å². The maximum absolute atomic E-state index is 2.19. The lowest BCUT2D eigenvalue weighted by molar-refractivity contribution is 0.469. The molecule has 0 amide bonds. The van der Waals surface area contributed by atoms with Crippen molar-refractivity contribution in [3.63, 3.8) is 0 Å². The maximum atomic E-state index is 2.19. The lowest BCUT2D eigenvalue weighted by atomic mass is 10.0. The standard InChI is InChI=1S/C5H12.C4H10.2C3H8.C2H6/c1-5(2,3)4;1-4(2)3;2*1-3-2;1-2/h1-4H3;4H,1-3H3;2*3H2,1-2H3;1-2H3. The van der Waals surface area contributed by atoms with E-state index in [0.29, 0.717) is 5.41 Å². The summed E-state index contributed by atoms with van der Waals surface area (Å²) in [6, 6.07) is 0. The van der Waals surface area contributed by atoms with Gasteiger partial charge in [0.05, 0.1) is 0 Å². The van der Waals surface area contributed by atoms with Gasteiger partial charge < -0.3 is 0 Å². The molecule has 0 bridgehead atoms. The average molecular weight is 249 g/mol. The Morgan fingerprint density at radius 1 is 0.647 bits per heavy atom. The molecule has 0 aliphatic heterocycles. The van der Waals surface area contributed by atoms with Gasteiger partial charge in [0, 0.05) is 0 Å². The minimum atomic E-state index is 0.500. The van der Waals surface area contributed by atoms with Crippen LogP contribution in [0, 0.1) is 11.3 Å². The van der Waals surface area contributed by atoms with E-state index in [1.165, 1.54) is 12.8 Å². The Hall–Kier alpha value is 0. The molecule has 112 valence electrons. The van der Waals surface area contributed by atoms with Gasteiger partial charge in [0.2, 0.25) is 0 Å². The van der Waals surface area contributed by atoms with Crippen molar-refractivity contribution in [3.05, 3.63) is 0 Å². The van der Waals surface area contributed by atoms with E-state index in [9.17, 15) is 0 Å². The molecule has 17 heavy (non-hydrogen) atoms. The fourth-order valence-corrected chi connectivity index (χ4v) is 0. The van der Waals surface area contributed by atoms with Gasteiger partial charge in [-0.05, 0) is 11.3 Å². The third-order valence-electron chi connectivity index (χ3n) is 0. The Balaban J connectivity index is -0.0000000367. The highest BCUT2D eigenvalue weighted by Crippen LogP contribution is 2.08. The summed E-state index contributed by atoms with van der Waals surface area (Å²) in [6.45, 7) is 27.8. The second-order valence-electron chi connectivity index (χ2n) is 6.15. The third-order valence-corrected chi connectivity index (χ3v) is 0. The SMILES string of the molecule is CC.CC(C)(C)C.CC(C)C.CCC.CCC. The highest BCUT2D eigenvalue weighted by Gasteiger charge is 1.95. The quantitative estimate of drug-likeness (QED) is 0.414. The summed E-state index contributed by atoms with van der Waals surface area (Å²) >= 11 is 0. The highest BCUT2D eigenvalue weighted by molar-refractivity contribution is 4.47. The second-order valence-corrected chi connectivity index (χ2v) is 6.15. The van der Waals surface area contributed by atoms with Gasteiger partial charge in [-0.2, -0.15) is 0 Å². The summed E-state index contributed by atoms with van der Waals surface area (Å²) < 4.78 is 0. The molecule has 0 rings (SSSR count). The molecule has 0 heteroatoms. The second kappa shape index (κ2) is 29.8. The molecule has 0 heterocycles. The summed E-state index contributed by atoms with van der Waals surface area (Å²) in [5.74, 6) is 0.833. The van der Waals surface area contributed by atoms with Gasteiger partial charge in [-0.1, -0.05) is 103 Å². The molecule has 0 atom stereocenters. The van der Waals surface area contributed by atoms with Crippen molar-refractivity contribution in [1.29, 1.82) is 0 Å². The first-order valence-electron chi connectivity index (χ1n) is 7.56. The Morgan fingerprint density at radius 2 is 0.647 bits per heavy atom. The Bertz CT molecular complexity index is 53.8. The maximum Gasteiger partial charge on any atom is -0.0411 e. The van der Waals surface area contributed by atoms with E-state index in [1.807, 2.05) is 13.8 Å². The Morgan fingerprint density at radius 3 is 0.647 bits per heavy atom. The first-order chi connectivity index (χ1) is 7.56. The smallest absolute Gasteiger partial charge is 0.0411 e. The molecule has 0 radical (unpaired) electrons. The summed E-state index contributed by atoms with van der Waals surface area (Å²) in [4.78, 5) is 0. The number of hydrogen-bond donors (Lipinski definition) is 0. The molecule has 0 saturated carbocycles. The predicted molar refractivity (Wildman–Crippen MR) is 88.9 cm³/mol. The molecule has 0 aromatic rings. The van der Waals surface area contributed by atoms with E-state index in [1.54, 1.807) is 0 Å². The topological polar surface area (TPSA) is 0 Å².